The van der Waals surface area contributed by atoms with Crippen molar-refractivity contribution in [3.63, 3.8) is 0 Å². The lowest BCUT2D eigenvalue weighted by atomic mass is 10.1. The Morgan fingerprint density at radius 2 is 1.84 bits per heavy atom. The molecule has 98 valence electrons. The highest BCUT2D eigenvalue weighted by molar-refractivity contribution is 5.99. The van der Waals surface area contributed by atoms with Crippen LogP contribution in [0.2, 0.25) is 0 Å². The average molecular weight is 260 g/mol. The van der Waals surface area contributed by atoms with Gasteiger partial charge in [0.2, 0.25) is 5.78 Å². The summed E-state index contributed by atoms with van der Waals surface area (Å²) in [5, 5.41) is 0. The minimum atomic E-state index is -0.562. The molecule has 0 aliphatic heterocycles. The molecule has 19 heavy (non-hydrogen) atoms. The molecule has 2 aromatic carbocycles. The van der Waals surface area contributed by atoms with E-state index in [1.807, 2.05) is 18.2 Å². The van der Waals surface area contributed by atoms with E-state index in [4.69, 9.17) is 9.47 Å². The maximum Gasteiger partial charge on any atom is 0.204 e. The first kappa shape index (κ1) is 13.1. The quantitative estimate of drug-likeness (QED) is 0.775. The smallest absolute Gasteiger partial charge is 0.204 e. The maximum absolute atomic E-state index is 13.5. The van der Waals surface area contributed by atoms with Crippen molar-refractivity contribution >= 4 is 5.78 Å². The Balaban J connectivity index is 2.10. The monoisotopic (exact) mass is 260 g/mol. The molecule has 2 aromatic rings. The largest absolute Gasteiger partial charge is 0.493 e. The Morgan fingerprint density at radius 1 is 1.11 bits per heavy atom. The van der Waals surface area contributed by atoms with Gasteiger partial charge in [-0.3, -0.25) is 4.79 Å². The van der Waals surface area contributed by atoms with Crippen molar-refractivity contribution in [3.8, 4) is 11.5 Å². The Kier molecular flexibility index (Phi) is 4.13. The summed E-state index contributed by atoms with van der Waals surface area (Å²) in [6.45, 7) is -0.163. The van der Waals surface area contributed by atoms with Crippen molar-refractivity contribution in [1.29, 1.82) is 0 Å². The standard InChI is InChI=1S/C15H13FO3/c1-18-15-12(8-5-9-13(15)16)14(17)10-19-11-6-3-2-4-7-11/h2-9H,10H2,1H3. The molecule has 0 amide bonds. The molecule has 0 atom stereocenters. The van der Waals surface area contributed by atoms with Crippen LogP contribution in [0.15, 0.2) is 48.5 Å². The average Bonchev–Trinajstić information content (AvgIpc) is 2.45. The third-order valence-corrected chi connectivity index (χ3v) is 2.58. The summed E-state index contributed by atoms with van der Waals surface area (Å²) >= 11 is 0. The van der Waals surface area contributed by atoms with E-state index < -0.39 is 5.82 Å². The predicted octanol–water partition coefficient (Wildman–Crippen LogP) is 3.10. The van der Waals surface area contributed by atoms with E-state index in [2.05, 4.69) is 0 Å². The molecule has 0 spiro atoms. The lowest BCUT2D eigenvalue weighted by Crippen LogP contribution is -2.13. The molecule has 0 heterocycles. The fourth-order valence-electron chi connectivity index (χ4n) is 1.68. The van der Waals surface area contributed by atoms with E-state index in [0.29, 0.717) is 5.75 Å². The number of rotatable bonds is 5. The summed E-state index contributed by atoms with van der Waals surface area (Å²) in [4.78, 5) is 12.0. The Hall–Kier alpha value is -2.36. The zero-order valence-electron chi connectivity index (χ0n) is 10.4. The lowest BCUT2D eigenvalue weighted by Gasteiger charge is -2.09. The normalized spacial score (nSPS) is 10.0. The van der Waals surface area contributed by atoms with E-state index in [9.17, 15) is 9.18 Å². The number of ether oxygens (including phenoxy) is 2. The van der Waals surface area contributed by atoms with E-state index >= 15 is 0 Å². The number of halogens is 1. The molecule has 0 unspecified atom stereocenters. The van der Waals surface area contributed by atoms with Crippen LogP contribution in [-0.4, -0.2) is 19.5 Å². The Morgan fingerprint density at radius 3 is 2.53 bits per heavy atom. The highest BCUT2D eigenvalue weighted by atomic mass is 19.1. The van der Waals surface area contributed by atoms with Gasteiger partial charge in [0.05, 0.1) is 12.7 Å². The van der Waals surface area contributed by atoms with Crippen molar-refractivity contribution in [2.45, 2.75) is 0 Å². The van der Waals surface area contributed by atoms with E-state index in [0.717, 1.165) is 0 Å². The number of carbonyl (C=O) groups is 1. The number of hydrogen-bond donors (Lipinski definition) is 0. The number of benzene rings is 2. The summed E-state index contributed by atoms with van der Waals surface area (Å²) in [6, 6.07) is 13.2. The van der Waals surface area contributed by atoms with Crippen LogP contribution in [0.25, 0.3) is 0 Å². The Bertz CT molecular complexity index is 567. The second kappa shape index (κ2) is 6.00. The summed E-state index contributed by atoms with van der Waals surface area (Å²) in [5.74, 6) is -0.358. The molecule has 0 bridgehead atoms. The second-order valence-electron chi connectivity index (χ2n) is 3.85. The van der Waals surface area contributed by atoms with E-state index in [-0.39, 0.29) is 23.7 Å². The topological polar surface area (TPSA) is 35.5 Å². The van der Waals surface area contributed by atoms with Gasteiger partial charge < -0.3 is 9.47 Å². The molecule has 0 radical (unpaired) electrons. The Labute approximate surface area is 110 Å². The minimum absolute atomic E-state index is 0.0517. The van der Waals surface area contributed by atoms with Gasteiger partial charge in [-0.2, -0.15) is 0 Å². The fraction of sp³-hybridized carbons (Fsp3) is 0.133. The second-order valence-corrected chi connectivity index (χ2v) is 3.85. The molecule has 0 aliphatic carbocycles. The highest BCUT2D eigenvalue weighted by Crippen LogP contribution is 2.22. The van der Waals surface area contributed by atoms with Crippen LogP contribution in [0.4, 0.5) is 4.39 Å². The molecule has 4 heteroatoms. The zero-order chi connectivity index (χ0) is 13.7. The molecule has 2 rings (SSSR count). The molecular formula is C15H13FO3. The van der Waals surface area contributed by atoms with Gasteiger partial charge in [-0.25, -0.2) is 4.39 Å². The third kappa shape index (κ3) is 3.10. The van der Waals surface area contributed by atoms with Gasteiger partial charge in [0.15, 0.2) is 18.2 Å². The van der Waals surface area contributed by atoms with E-state index in [1.54, 1.807) is 12.1 Å². The maximum atomic E-state index is 13.5. The number of Topliss-reactive ketones (excluding diaryl/α,β-unsaturated/α-hetero) is 1. The van der Waals surface area contributed by atoms with Gasteiger partial charge in [-0.1, -0.05) is 24.3 Å². The van der Waals surface area contributed by atoms with Crippen LogP contribution in [-0.2, 0) is 0 Å². The van der Waals surface area contributed by atoms with Crippen molar-refractivity contribution < 1.29 is 18.7 Å². The van der Waals surface area contributed by atoms with Crippen LogP contribution in [0.1, 0.15) is 10.4 Å². The fourth-order valence-corrected chi connectivity index (χ4v) is 1.68. The number of methoxy groups -OCH3 is 1. The predicted molar refractivity (Wildman–Crippen MR) is 69.2 cm³/mol. The number of carbonyl (C=O) groups excluding carboxylic acids is 1. The number of hydrogen-bond acceptors (Lipinski definition) is 3. The van der Waals surface area contributed by atoms with Gasteiger partial charge in [-0.05, 0) is 24.3 Å². The SMILES string of the molecule is COc1c(F)cccc1C(=O)COc1ccccc1. The summed E-state index contributed by atoms with van der Waals surface area (Å²) < 4.78 is 23.7. The molecule has 0 fully saturated rings. The molecule has 0 N–H and O–H groups in total. The molecular weight excluding hydrogens is 247 g/mol. The number of para-hydroxylation sites is 2. The first-order chi connectivity index (χ1) is 9.22. The van der Waals surface area contributed by atoms with Gasteiger partial charge in [0, 0.05) is 0 Å². The van der Waals surface area contributed by atoms with Gasteiger partial charge >= 0.3 is 0 Å². The van der Waals surface area contributed by atoms with Gasteiger partial charge in [0.1, 0.15) is 5.75 Å². The van der Waals surface area contributed by atoms with Crippen LogP contribution in [0.5, 0.6) is 11.5 Å². The van der Waals surface area contributed by atoms with Gasteiger partial charge in [-0.15, -0.1) is 0 Å². The first-order valence-electron chi connectivity index (χ1n) is 5.76. The summed E-state index contributed by atoms with van der Waals surface area (Å²) in [7, 11) is 1.33. The zero-order valence-corrected chi connectivity index (χ0v) is 10.4. The van der Waals surface area contributed by atoms with Crippen LogP contribution >= 0.6 is 0 Å². The molecule has 0 aromatic heterocycles. The summed E-state index contributed by atoms with van der Waals surface area (Å²) in [5.41, 5.74) is 0.179. The minimum Gasteiger partial charge on any atom is -0.493 e. The third-order valence-electron chi connectivity index (χ3n) is 2.58. The molecule has 0 saturated heterocycles. The van der Waals surface area contributed by atoms with Crippen molar-refractivity contribution in [2.75, 3.05) is 13.7 Å². The van der Waals surface area contributed by atoms with Crippen molar-refractivity contribution in [1.82, 2.24) is 0 Å². The number of ketones is 1. The van der Waals surface area contributed by atoms with Crippen molar-refractivity contribution in [2.24, 2.45) is 0 Å². The lowest BCUT2D eigenvalue weighted by molar-refractivity contribution is 0.0917. The van der Waals surface area contributed by atoms with Crippen LogP contribution < -0.4 is 9.47 Å². The summed E-state index contributed by atoms with van der Waals surface area (Å²) in [6.07, 6.45) is 0. The molecule has 0 aliphatic rings. The van der Waals surface area contributed by atoms with Crippen molar-refractivity contribution in [3.05, 3.63) is 59.9 Å². The first-order valence-corrected chi connectivity index (χ1v) is 5.76. The molecule has 0 saturated carbocycles. The van der Waals surface area contributed by atoms with Gasteiger partial charge in [0.25, 0.3) is 0 Å². The highest BCUT2D eigenvalue weighted by Gasteiger charge is 2.16. The molecule has 3 nitrogen and oxygen atoms in total. The van der Waals surface area contributed by atoms with Crippen LogP contribution in [0.3, 0.4) is 0 Å². The van der Waals surface area contributed by atoms with E-state index in [1.165, 1.54) is 25.3 Å². The van der Waals surface area contributed by atoms with Crippen LogP contribution in [0, 0.1) is 5.82 Å².